The van der Waals surface area contributed by atoms with E-state index in [1.165, 1.54) is 0 Å². The van der Waals surface area contributed by atoms with E-state index in [-0.39, 0.29) is 17.7 Å². The average molecular weight is 274 g/mol. The lowest BCUT2D eigenvalue weighted by molar-refractivity contribution is -0.123. The largest absolute Gasteiger partial charge is 0.478 e. The zero-order chi connectivity index (χ0) is 14.1. The number of carbonyl (C=O) groups excluding carboxylic acids is 2. The number of fused-ring (bicyclic) bond motifs is 1. The summed E-state index contributed by atoms with van der Waals surface area (Å²) in [7, 11) is 0. The summed E-state index contributed by atoms with van der Waals surface area (Å²) in [6.07, 6.45) is 2.08. The molecule has 1 fully saturated rings. The van der Waals surface area contributed by atoms with Gasteiger partial charge in [0.15, 0.2) is 11.9 Å². The Hall–Kier alpha value is -1.88. The van der Waals surface area contributed by atoms with E-state index < -0.39 is 6.10 Å². The maximum atomic E-state index is 12.3. The van der Waals surface area contributed by atoms with Crippen molar-refractivity contribution in [1.29, 1.82) is 0 Å². The molecule has 1 saturated heterocycles. The van der Waals surface area contributed by atoms with Crippen LogP contribution in [0, 0.1) is 0 Å². The highest BCUT2D eigenvalue weighted by molar-refractivity contribution is 6.03. The highest BCUT2D eigenvalue weighted by Crippen LogP contribution is 2.31. The Kier molecular flexibility index (Phi) is 3.44. The van der Waals surface area contributed by atoms with Gasteiger partial charge in [-0.2, -0.15) is 0 Å². The fourth-order valence-electron chi connectivity index (χ4n) is 2.68. The zero-order valence-electron chi connectivity index (χ0n) is 11.4. The summed E-state index contributed by atoms with van der Waals surface area (Å²) in [6.45, 7) is 2.79. The molecule has 3 rings (SSSR count). The standard InChI is InChI=1S/C15H18N2O3/c1-2-12-15(19)17-11-8-9(5-6-13(11)20-12)14(18)10-4-3-7-16-10/h5-6,8,10,12,16H,2-4,7H2,1H3,(H,17,19). The summed E-state index contributed by atoms with van der Waals surface area (Å²) >= 11 is 0. The summed E-state index contributed by atoms with van der Waals surface area (Å²) in [5.74, 6) is 0.563. The van der Waals surface area contributed by atoms with Crippen molar-refractivity contribution in [2.24, 2.45) is 0 Å². The molecule has 0 aromatic heterocycles. The van der Waals surface area contributed by atoms with Gasteiger partial charge in [0.05, 0.1) is 11.7 Å². The van der Waals surface area contributed by atoms with Gasteiger partial charge in [0.2, 0.25) is 0 Å². The number of benzene rings is 1. The van der Waals surface area contributed by atoms with E-state index in [2.05, 4.69) is 10.6 Å². The molecule has 0 spiro atoms. The van der Waals surface area contributed by atoms with Crippen LogP contribution in [-0.4, -0.2) is 30.4 Å². The molecule has 0 radical (unpaired) electrons. The summed E-state index contributed by atoms with van der Waals surface area (Å²) in [5.41, 5.74) is 1.20. The maximum Gasteiger partial charge on any atom is 0.265 e. The van der Waals surface area contributed by atoms with Gasteiger partial charge < -0.3 is 15.4 Å². The molecule has 0 saturated carbocycles. The topological polar surface area (TPSA) is 67.4 Å². The van der Waals surface area contributed by atoms with Gasteiger partial charge >= 0.3 is 0 Å². The molecule has 1 aromatic carbocycles. The second kappa shape index (κ2) is 5.25. The van der Waals surface area contributed by atoms with Crippen LogP contribution in [0.5, 0.6) is 5.75 Å². The lowest BCUT2D eigenvalue weighted by Gasteiger charge is -2.25. The van der Waals surface area contributed by atoms with E-state index in [0.717, 1.165) is 19.4 Å². The number of Topliss-reactive ketones (excluding diaryl/α,β-unsaturated/α-hetero) is 1. The molecule has 20 heavy (non-hydrogen) atoms. The van der Waals surface area contributed by atoms with Crippen LogP contribution in [0.15, 0.2) is 18.2 Å². The quantitative estimate of drug-likeness (QED) is 0.824. The van der Waals surface area contributed by atoms with Gasteiger partial charge in [0.1, 0.15) is 5.75 Å². The monoisotopic (exact) mass is 274 g/mol. The first kappa shape index (κ1) is 13.1. The second-order valence-corrected chi connectivity index (χ2v) is 5.23. The first-order valence-electron chi connectivity index (χ1n) is 7.08. The molecule has 0 aliphatic carbocycles. The predicted molar refractivity (Wildman–Crippen MR) is 75.1 cm³/mol. The average Bonchev–Trinajstić information content (AvgIpc) is 2.99. The van der Waals surface area contributed by atoms with Crippen LogP contribution in [-0.2, 0) is 4.79 Å². The van der Waals surface area contributed by atoms with Crippen LogP contribution in [0.2, 0.25) is 0 Å². The summed E-state index contributed by atoms with van der Waals surface area (Å²) < 4.78 is 5.61. The van der Waals surface area contributed by atoms with E-state index in [1.807, 2.05) is 6.92 Å². The van der Waals surface area contributed by atoms with Gasteiger partial charge in [-0.05, 0) is 44.0 Å². The van der Waals surface area contributed by atoms with Crippen molar-refractivity contribution in [3.05, 3.63) is 23.8 Å². The number of nitrogens with one attached hydrogen (secondary N) is 2. The predicted octanol–water partition coefficient (Wildman–Crippen LogP) is 1.73. The van der Waals surface area contributed by atoms with Gasteiger partial charge in [0.25, 0.3) is 5.91 Å². The minimum Gasteiger partial charge on any atom is -0.478 e. The van der Waals surface area contributed by atoms with Gasteiger partial charge in [-0.15, -0.1) is 0 Å². The lowest BCUT2D eigenvalue weighted by atomic mass is 10.0. The Morgan fingerprint density at radius 2 is 2.30 bits per heavy atom. The van der Waals surface area contributed by atoms with Gasteiger partial charge in [-0.25, -0.2) is 0 Å². The minimum absolute atomic E-state index is 0.0807. The molecule has 2 atom stereocenters. The molecular weight excluding hydrogens is 256 g/mol. The smallest absolute Gasteiger partial charge is 0.265 e. The van der Waals surface area contributed by atoms with Crippen LogP contribution in [0.25, 0.3) is 0 Å². The molecule has 0 bridgehead atoms. The Balaban J connectivity index is 1.84. The molecule has 2 heterocycles. The molecule has 2 aliphatic rings. The number of hydrogen-bond acceptors (Lipinski definition) is 4. The van der Waals surface area contributed by atoms with E-state index >= 15 is 0 Å². The summed E-state index contributed by atoms with van der Waals surface area (Å²) in [6, 6.07) is 5.14. The third-order valence-corrected chi connectivity index (χ3v) is 3.83. The number of rotatable bonds is 3. The summed E-state index contributed by atoms with van der Waals surface area (Å²) in [5, 5.41) is 6.00. The van der Waals surface area contributed by atoms with Crippen LogP contribution in [0.4, 0.5) is 5.69 Å². The fourth-order valence-corrected chi connectivity index (χ4v) is 2.68. The molecule has 5 nitrogen and oxygen atoms in total. The first-order chi connectivity index (χ1) is 9.69. The molecule has 106 valence electrons. The first-order valence-corrected chi connectivity index (χ1v) is 7.08. The molecule has 5 heteroatoms. The number of carbonyl (C=O) groups is 2. The Morgan fingerprint density at radius 3 is 3.00 bits per heavy atom. The van der Waals surface area contributed by atoms with Crippen molar-refractivity contribution in [2.75, 3.05) is 11.9 Å². The number of ether oxygens (including phenoxy) is 1. The van der Waals surface area contributed by atoms with Gasteiger partial charge in [-0.1, -0.05) is 6.92 Å². The van der Waals surface area contributed by atoms with Gasteiger partial charge in [-0.3, -0.25) is 9.59 Å². The molecular formula is C15H18N2O3. The van der Waals surface area contributed by atoms with Crippen molar-refractivity contribution in [2.45, 2.75) is 38.3 Å². The Morgan fingerprint density at radius 1 is 1.45 bits per heavy atom. The third-order valence-electron chi connectivity index (χ3n) is 3.83. The van der Waals surface area contributed by atoms with Crippen LogP contribution < -0.4 is 15.4 Å². The number of hydrogen-bond donors (Lipinski definition) is 2. The summed E-state index contributed by atoms with van der Waals surface area (Å²) in [4.78, 5) is 24.1. The van der Waals surface area contributed by atoms with Crippen molar-refractivity contribution in [3.8, 4) is 5.75 Å². The van der Waals surface area contributed by atoms with Crippen LogP contribution >= 0.6 is 0 Å². The Bertz CT molecular complexity index is 550. The Labute approximate surface area is 117 Å². The molecule has 2 unspecified atom stereocenters. The highest BCUT2D eigenvalue weighted by atomic mass is 16.5. The van der Waals surface area contributed by atoms with E-state index in [0.29, 0.717) is 23.4 Å². The van der Waals surface area contributed by atoms with Crippen LogP contribution in [0.1, 0.15) is 36.5 Å². The highest BCUT2D eigenvalue weighted by Gasteiger charge is 2.28. The minimum atomic E-state index is -0.444. The SMILES string of the molecule is CCC1Oc2ccc(C(=O)C3CCCN3)cc2NC1=O. The van der Waals surface area contributed by atoms with Crippen LogP contribution in [0.3, 0.4) is 0 Å². The van der Waals surface area contributed by atoms with E-state index in [4.69, 9.17) is 4.74 Å². The molecule has 2 aliphatic heterocycles. The second-order valence-electron chi connectivity index (χ2n) is 5.23. The molecule has 1 amide bonds. The molecule has 2 N–H and O–H groups in total. The van der Waals surface area contributed by atoms with E-state index in [1.54, 1.807) is 18.2 Å². The number of anilines is 1. The third kappa shape index (κ3) is 2.29. The van der Waals surface area contributed by atoms with Gasteiger partial charge in [0, 0.05) is 5.56 Å². The number of ketones is 1. The normalized spacial score (nSPS) is 24.8. The van der Waals surface area contributed by atoms with Crippen molar-refractivity contribution in [3.63, 3.8) is 0 Å². The fraction of sp³-hybridized carbons (Fsp3) is 0.467. The zero-order valence-corrected chi connectivity index (χ0v) is 11.4. The molecule has 1 aromatic rings. The maximum absolute atomic E-state index is 12.3. The number of amides is 1. The van der Waals surface area contributed by atoms with E-state index in [9.17, 15) is 9.59 Å². The van der Waals surface area contributed by atoms with Crippen molar-refractivity contribution < 1.29 is 14.3 Å². The van der Waals surface area contributed by atoms with Crippen molar-refractivity contribution in [1.82, 2.24) is 5.32 Å². The van der Waals surface area contributed by atoms with Crippen molar-refractivity contribution >= 4 is 17.4 Å². The lowest BCUT2D eigenvalue weighted by Crippen LogP contribution is -2.36.